The minimum absolute atomic E-state index is 0.245. The number of hydrogen-bond acceptors (Lipinski definition) is 1. The fourth-order valence-corrected chi connectivity index (χ4v) is 1.52. The van der Waals surface area contributed by atoms with Crippen LogP contribution in [0.15, 0.2) is 28.7 Å². The molecule has 1 aromatic carbocycles. The van der Waals surface area contributed by atoms with Gasteiger partial charge in [0, 0.05) is 11.0 Å². The lowest BCUT2D eigenvalue weighted by Gasteiger charge is -2.03. The van der Waals surface area contributed by atoms with E-state index in [0.717, 1.165) is 17.6 Å². The van der Waals surface area contributed by atoms with E-state index in [1.54, 1.807) is 0 Å². The number of rotatable bonds is 5. The van der Waals surface area contributed by atoms with E-state index in [1.165, 1.54) is 5.56 Å². The minimum atomic E-state index is -0.245. The van der Waals surface area contributed by atoms with Crippen LogP contribution in [0.3, 0.4) is 0 Å². The fraction of sp³-hybridized carbons (Fsp3) is 0.400. The van der Waals surface area contributed by atoms with Crippen LogP contribution >= 0.6 is 15.9 Å². The normalized spacial score (nSPS) is 10.3. The Hall–Kier alpha value is -0.410. The Morgan fingerprint density at radius 3 is 2.92 bits per heavy atom. The molecule has 0 aliphatic heterocycles. The first kappa shape index (κ1) is 10.7. The maximum absolute atomic E-state index is 11.7. The SMILES string of the molecule is FCCCNCc1cccc(Br)c1. The molecule has 0 aromatic heterocycles. The summed E-state index contributed by atoms with van der Waals surface area (Å²) in [7, 11) is 0. The Balaban J connectivity index is 2.28. The molecule has 13 heavy (non-hydrogen) atoms. The zero-order valence-electron chi connectivity index (χ0n) is 7.39. The maximum Gasteiger partial charge on any atom is 0.0906 e. The second-order valence-corrected chi connectivity index (χ2v) is 3.76. The molecule has 3 heteroatoms. The first-order valence-corrected chi connectivity index (χ1v) is 5.13. The van der Waals surface area contributed by atoms with E-state index in [4.69, 9.17) is 0 Å². The predicted octanol–water partition coefficient (Wildman–Crippen LogP) is 2.90. The molecule has 0 unspecified atom stereocenters. The highest BCUT2D eigenvalue weighted by atomic mass is 79.9. The summed E-state index contributed by atoms with van der Waals surface area (Å²) in [6, 6.07) is 8.09. The minimum Gasteiger partial charge on any atom is -0.313 e. The van der Waals surface area contributed by atoms with Gasteiger partial charge in [0.25, 0.3) is 0 Å². The quantitative estimate of drug-likeness (QED) is 0.787. The zero-order chi connectivity index (χ0) is 9.52. The van der Waals surface area contributed by atoms with Gasteiger partial charge in [0.1, 0.15) is 0 Å². The highest BCUT2D eigenvalue weighted by molar-refractivity contribution is 9.10. The van der Waals surface area contributed by atoms with E-state index in [0.29, 0.717) is 6.42 Å². The molecule has 1 N–H and O–H groups in total. The van der Waals surface area contributed by atoms with Crippen LogP contribution in [0.25, 0.3) is 0 Å². The molecule has 1 rings (SSSR count). The second-order valence-electron chi connectivity index (χ2n) is 2.85. The molecule has 0 radical (unpaired) electrons. The number of benzene rings is 1. The zero-order valence-corrected chi connectivity index (χ0v) is 8.98. The van der Waals surface area contributed by atoms with Crippen molar-refractivity contribution in [3.63, 3.8) is 0 Å². The van der Waals surface area contributed by atoms with Crippen LogP contribution in [0.2, 0.25) is 0 Å². The van der Waals surface area contributed by atoms with Crippen molar-refractivity contribution in [1.29, 1.82) is 0 Å². The standard InChI is InChI=1S/C10H13BrFN/c11-10-4-1-3-9(7-10)8-13-6-2-5-12/h1,3-4,7,13H,2,5-6,8H2. The van der Waals surface area contributed by atoms with Gasteiger partial charge in [-0.15, -0.1) is 0 Å². The molecular weight excluding hydrogens is 233 g/mol. The highest BCUT2D eigenvalue weighted by Crippen LogP contribution is 2.11. The van der Waals surface area contributed by atoms with Crippen molar-refractivity contribution < 1.29 is 4.39 Å². The fourth-order valence-electron chi connectivity index (χ4n) is 1.07. The van der Waals surface area contributed by atoms with Crippen LogP contribution in [0.4, 0.5) is 4.39 Å². The third-order valence-electron chi connectivity index (χ3n) is 1.71. The molecule has 72 valence electrons. The maximum atomic E-state index is 11.7. The van der Waals surface area contributed by atoms with Gasteiger partial charge in [-0.2, -0.15) is 0 Å². The topological polar surface area (TPSA) is 12.0 Å². The first-order chi connectivity index (χ1) is 6.33. The summed E-state index contributed by atoms with van der Waals surface area (Å²) >= 11 is 3.40. The van der Waals surface area contributed by atoms with Crippen molar-refractivity contribution in [3.8, 4) is 0 Å². The molecule has 0 saturated carbocycles. The van der Waals surface area contributed by atoms with E-state index in [2.05, 4.69) is 27.3 Å². The summed E-state index contributed by atoms with van der Waals surface area (Å²) in [6.45, 7) is 1.30. The van der Waals surface area contributed by atoms with E-state index >= 15 is 0 Å². The van der Waals surface area contributed by atoms with Crippen molar-refractivity contribution in [3.05, 3.63) is 34.3 Å². The Kier molecular flexibility index (Phi) is 5.01. The van der Waals surface area contributed by atoms with Crippen LogP contribution in [0.1, 0.15) is 12.0 Å². The molecule has 0 amide bonds. The molecule has 0 aliphatic carbocycles. The van der Waals surface area contributed by atoms with Crippen LogP contribution in [-0.2, 0) is 6.54 Å². The Bertz CT molecular complexity index is 252. The second kappa shape index (κ2) is 6.11. The molecule has 0 bridgehead atoms. The van der Waals surface area contributed by atoms with E-state index in [9.17, 15) is 4.39 Å². The summed E-state index contributed by atoms with van der Waals surface area (Å²) in [5, 5.41) is 3.17. The van der Waals surface area contributed by atoms with E-state index in [-0.39, 0.29) is 6.67 Å². The molecule has 1 aromatic rings. The molecule has 0 aliphatic rings. The number of alkyl halides is 1. The van der Waals surface area contributed by atoms with Gasteiger partial charge in [0.2, 0.25) is 0 Å². The van der Waals surface area contributed by atoms with Crippen molar-refractivity contribution in [2.75, 3.05) is 13.2 Å². The van der Waals surface area contributed by atoms with Crippen LogP contribution in [0, 0.1) is 0 Å². The summed E-state index contributed by atoms with van der Waals surface area (Å²) in [5.41, 5.74) is 1.22. The molecule has 1 nitrogen and oxygen atoms in total. The third kappa shape index (κ3) is 4.39. The molecule has 0 fully saturated rings. The van der Waals surface area contributed by atoms with Gasteiger partial charge < -0.3 is 5.32 Å². The Morgan fingerprint density at radius 2 is 2.23 bits per heavy atom. The van der Waals surface area contributed by atoms with Crippen molar-refractivity contribution in [1.82, 2.24) is 5.32 Å². The van der Waals surface area contributed by atoms with E-state index in [1.807, 2.05) is 18.2 Å². The van der Waals surface area contributed by atoms with Gasteiger partial charge >= 0.3 is 0 Å². The molecule has 0 spiro atoms. The lowest BCUT2D eigenvalue weighted by Crippen LogP contribution is -2.14. The van der Waals surface area contributed by atoms with Crippen LogP contribution in [0.5, 0.6) is 0 Å². The van der Waals surface area contributed by atoms with Gasteiger partial charge in [-0.25, -0.2) is 0 Å². The van der Waals surface area contributed by atoms with Crippen LogP contribution < -0.4 is 5.32 Å². The largest absolute Gasteiger partial charge is 0.313 e. The average Bonchev–Trinajstić information content (AvgIpc) is 2.13. The van der Waals surface area contributed by atoms with Crippen molar-refractivity contribution in [2.45, 2.75) is 13.0 Å². The van der Waals surface area contributed by atoms with Gasteiger partial charge in [-0.3, -0.25) is 4.39 Å². The van der Waals surface area contributed by atoms with Gasteiger partial charge in [-0.1, -0.05) is 28.1 Å². The molecule has 0 saturated heterocycles. The number of halogens is 2. The van der Waals surface area contributed by atoms with Gasteiger partial charge in [-0.05, 0) is 30.7 Å². The van der Waals surface area contributed by atoms with Gasteiger partial charge in [0.05, 0.1) is 6.67 Å². The molecular formula is C10H13BrFN. The molecule has 0 heterocycles. The highest BCUT2D eigenvalue weighted by Gasteiger charge is 1.92. The summed E-state index contributed by atoms with van der Waals surface area (Å²) in [4.78, 5) is 0. The average molecular weight is 246 g/mol. The van der Waals surface area contributed by atoms with Crippen LogP contribution in [-0.4, -0.2) is 13.2 Å². The van der Waals surface area contributed by atoms with Crippen molar-refractivity contribution >= 4 is 15.9 Å². The summed E-state index contributed by atoms with van der Waals surface area (Å²) in [5.74, 6) is 0. The smallest absolute Gasteiger partial charge is 0.0906 e. The summed E-state index contributed by atoms with van der Waals surface area (Å²) < 4.78 is 12.8. The lowest BCUT2D eigenvalue weighted by atomic mass is 10.2. The third-order valence-corrected chi connectivity index (χ3v) is 2.20. The van der Waals surface area contributed by atoms with Crippen molar-refractivity contribution in [2.24, 2.45) is 0 Å². The monoisotopic (exact) mass is 245 g/mol. The Labute approximate surface area is 86.5 Å². The Morgan fingerprint density at radius 1 is 1.38 bits per heavy atom. The summed E-state index contributed by atoms with van der Waals surface area (Å²) in [6.07, 6.45) is 0.591. The van der Waals surface area contributed by atoms with E-state index < -0.39 is 0 Å². The first-order valence-electron chi connectivity index (χ1n) is 4.34. The molecule has 0 atom stereocenters. The predicted molar refractivity (Wildman–Crippen MR) is 56.4 cm³/mol. The lowest BCUT2D eigenvalue weighted by molar-refractivity contribution is 0.459. The number of nitrogens with one attached hydrogen (secondary N) is 1. The van der Waals surface area contributed by atoms with Gasteiger partial charge in [0.15, 0.2) is 0 Å². The number of hydrogen-bond donors (Lipinski definition) is 1.